The lowest BCUT2D eigenvalue weighted by atomic mass is 9.82. The highest BCUT2D eigenvalue weighted by Gasteiger charge is 2.38. The first-order chi connectivity index (χ1) is 30.5. The van der Waals surface area contributed by atoms with Crippen LogP contribution in [-0.4, -0.2) is 0 Å². The second-order valence-electron chi connectivity index (χ2n) is 17.2. The Labute approximate surface area is 358 Å². The zero-order valence-corrected chi connectivity index (χ0v) is 34.3. The van der Waals surface area contributed by atoms with Crippen molar-refractivity contribution < 1.29 is 8.83 Å². The Bertz CT molecular complexity index is 3810. The van der Waals surface area contributed by atoms with Gasteiger partial charge in [-0.3, -0.25) is 0 Å². The molecule has 3 nitrogen and oxygen atoms in total. The van der Waals surface area contributed by atoms with E-state index in [2.05, 4.69) is 201 Å². The van der Waals surface area contributed by atoms with E-state index < -0.39 is 0 Å². The Morgan fingerprint density at radius 1 is 0.371 bits per heavy atom. The molecule has 2 heterocycles. The highest BCUT2D eigenvalue weighted by molar-refractivity contribution is 6.23. The molecule has 1 aliphatic rings. The smallest absolute Gasteiger partial charge is 0.136 e. The summed E-state index contributed by atoms with van der Waals surface area (Å²) in [5.74, 6) is 0. The molecule has 13 rings (SSSR count). The summed E-state index contributed by atoms with van der Waals surface area (Å²) in [5.41, 5.74) is 16.7. The van der Waals surface area contributed by atoms with E-state index in [1.54, 1.807) is 0 Å². The summed E-state index contributed by atoms with van der Waals surface area (Å²) in [5, 5.41) is 9.28. The van der Waals surface area contributed by atoms with E-state index in [1.165, 1.54) is 60.5 Å². The molecular formula is C59H39NO2. The first-order valence-electron chi connectivity index (χ1n) is 21.4. The standard InChI is InChI=1S/C59H39NO2/c1-59(2)47-21-7-3-16-44(47)57-48(59)22-13-24-50(57)60(40-32-30-37-34-39(29-28-38(37)35-40)41-19-12-27-53-56(41)45-17-5-9-25-51(45)61-53)49-23-8-4-15-42(49)43-20-11-14-36-31-33-54-58(55(36)43)46-18-6-10-26-52(46)62-54/h3-35H,1-2H3. The summed E-state index contributed by atoms with van der Waals surface area (Å²) >= 11 is 0. The number of furan rings is 2. The van der Waals surface area contributed by atoms with Crippen molar-refractivity contribution in [3.8, 4) is 33.4 Å². The zero-order valence-electron chi connectivity index (χ0n) is 34.3. The van der Waals surface area contributed by atoms with Crippen LogP contribution in [0.5, 0.6) is 0 Å². The highest BCUT2D eigenvalue weighted by Crippen LogP contribution is 2.55. The molecule has 0 fully saturated rings. The minimum absolute atomic E-state index is 0.153. The molecule has 0 unspecified atom stereocenters. The maximum absolute atomic E-state index is 6.47. The van der Waals surface area contributed by atoms with E-state index in [0.29, 0.717) is 0 Å². The highest BCUT2D eigenvalue weighted by atomic mass is 16.3. The molecule has 0 saturated carbocycles. The molecule has 0 N–H and O–H groups in total. The van der Waals surface area contributed by atoms with Gasteiger partial charge in [-0.15, -0.1) is 0 Å². The van der Waals surface area contributed by atoms with Crippen molar-refractivity contribution >= 4 is 82.5 Å². The monoisotopic (exact) mass is 793 g/mol. The molecular weight excluding hydrogens is 755 g/mol. The van der Waals surface area contributed by atoms with Gasteiger partial charge in [-0.05, 0) is 104 Å². The largest absolute Gasteiger partial charge is 0.456 e. The maximum atomic E-state index is 6.47. The molecule has 10 aromatic carbocycles. The van der Waals surface area contributed by atoms with Crippen LogP contribution in [0.25, 0.3) is 98.8 Å². The van der Waals surface area contributed by atoms with Gasteiger partial charge < -0.3 is 13.7 Å². The van der Waals surface area contributed by atoms with E-state index in [1.807, 2.05) is 18.2 Å². The summed E-state index contributed by atoms with van der Waals surface area (Å²) in [4.78, 5) is 2.50. The molecule has 0 radical (unpaired) electrons. The lowest BCUT2D eigenvalue weighted by Gasteiger charge is -2.31. The van der Waals surface area contributed by atoms with Crippen molar-refractivity contribution in [2.24, 2.45) is 0 Å². The first kappa shape index (κ1) is 34.9. The number of fused-ring (bicyclic) bond motifs is 12. The quantitative estimate of drug-likeness (QED) is 0.174. The average molecular weight is 794 g/mol. The number of hydrogen-bond donors (Lipinski definition) is 0. The number of benzene rings is 10. The number of anilines is 3. The molecule has 1 aliphatic carbocycles. The number of rotatable bonds is 5. The van der Waals surface area contributed by atoms with Crippen molar-refractivity contribution in [2.45, 2.75) is 19.3 Å². The van der Waals surface area contributed by atoms with Crippen LogP contribution in [0.4, 0.5) is 17.1 Å². The van der Waals surface area contributed by atoms with Crippen molar-refractivity contribution in [1.82, 2.24) is 0 Å². The minimum atomic E-state index is -0.153. The normalized spacial score (nSPS) is 13.1. The molecule has 0 bridgehead atoms. The van der Waals surface area contributed by atoms with Crippen molar-refractivity contribution in [1.29, 1.82) is 0 Å². The van der Waals surface area contributed by atoms with Gasteiger partial charge in [0.25, 0.3) is 0 Å². The Morgan fingerprint density at radius 3 is 1.81 bits per heavy atom. The topological polar surface area (TPSA) is 29.5 Å². The third-order valence-corrected chi connectivity index (χ3v) is 13.4. The fourth-order valence-electron chi connectivity index (χ4n) is 10.6. The minimum Gasteiger partial charge on any atom is -0.456 e. The van der Waals surface area contributed by atoms with Gasteiger partial charge in [0, 0.05) is 49.2 Å². The molecule has 0 aliphatic heterocycles. The summed E-state index contributed by atoms with van der Waals surface area (Å²) in [7, 11) is 0. The molecule has 62 heavy (non-hydrogen) atoms. The van der Waals surface area contributed by atoms with Crippen LogP contribution in [0.3, 0.4) is 0 Å². The Hall–Kier alpha value is -7.88. The molecule has 0 atom stereocenters. The predicted octanol–water partition coefficient (Wildman–Crippen LogP) is 16.9. The van der Waals surface area contributed by atoms with Crippen LogP contribution < -0.4 is 4.90 Å². The summed E-state index contributed by atoms with van der Waals surface area (Å²) in [6, 6.07) is 72.6. The van der Waals surface area contributed by atoms with Gasteiger partial charge in [0.05, 0.1) is 11.4 Å². The molecule has 12 aromatic rings. The third kappa shape index (κ3) is 5.00. The van der Waals surface area contributed by atoms with Crippen LogP contribution in [0, 0.1) is 0 Å². The third-order valence-electron chi connectivity index (χ3n) is 13.4. The van der Waals surface area contributed by atoms with Crippen LogP contribution in [0.15, 0.2) is 209 Å². The Balaban J connectivity index is 1.05. The number of nitrogens with zero attached hydrogens (tertiary/aromatic N) is 1. The van der Waals surface area contributed by atoms with Gasteiger partial charge in [-0.25, -0.2) is 0 Å². The lowest BCUT2D eigenvalue weighted by molar-refractivity contribution is 0.660. The predicted molar refractivity (Wildman–Crippen MR) is 259 cm³/mol. The molecule has 2 aromatic heterocycles. The van der Waals surface area contributed by atoms with Gasteiger partial charge in [0.2, 0.25) is 0 Å². The SMILES string of the molecule is CC1(C)c2ccccc2-c2c(N(c3ccc4cc(-c5cccc6oc7ccccc7c56)ccc4c3)c3ccccc3-c3cccc4ccc5oc6ccccc6c5c34)cccc21. The van der Waals surface area contributed by atoms with E-state index in [4.69, 9.17) is 8.83 Å². The van der Waals surface area contributed by atoms with Gasteiger partial charge in [-0.1, -0.05) is 159 Å². The van der Waals surface area contributed by atoms with Crippen LogP contribution in [0.2, 0.25) is 0 Å². The van der Waals surface area contributed by atoms with Crippen molar-refractivity contribution in [3.05, 3.63) is 211 Å². The van der Waals surface area contributed by atoms with Gasteiger partial charge in [0.1, 0.15) is 22.3 Å². The summed E-state index contributed by atoms with van der Waals surface area (Å²) in [6.45, 7) is 4.72. The average Bonchev–Trinajstić information content (AvgIpc) is 3.97. The van der Waals surface area contributed by atoms with Gasteiger partial charge in [-0.2, -0.15) is 0 Å². The van der Waals surface area contributed by atoms with Crippen molar-refractivity contribution in [3.63, 3.8) is 0 Å². The molecule has 0 spiro atoms. The van der Waals surface area contributed by atoms with Crippen molar-refractivity contribution in [2.75, 3.05) is 4.90 Å². The number of para-hydroxylation sites is 3. The van der Waals surface area contributed by atoms with E-state index in [9.17, 15) is 0 Å². The van der Waals surface area contributed by atoms with Gasteiger partial charge >= 0.3 is 0 Å². The first-order valence-corrected chi connectivity index (χ1v) is 21.4. The van der Waals surface area contributed by atoms with E-state index >= 15 is 0 Å². The Kier molecular flexibility index (Phi) is 7.36. The van der Waals surface area contributed by atoms with Gasteiger partial charge in [0.15, 0.2) is 0 Å². The molecule has 3 heteroatoms. The fraction of sp³-hybridized carbons (Fsp3) is 0.0508. The van der Waals surface area contributed by atoms with E-state index in [-0.39, 0.29) is 5.41 Å². The zero-order chi connectivity index (χ0) is 41.1. The molecule has 0 amide bonds. The van der Waals surface area contributed by atoms with E-state index in [0.717, 1.165) is 66.5 Å². The number of hydrogen-bond acceptors (Lipinski definition) is 3. The summed E-state index contributed by atoms with van der Waals surface area (Å²) < 4.78 is 12.8. The second kappa shape index (κ2) is 13.1. The Morgan fingerprint density at radius 2 is 0.952 bits per heavy atom. The fourth-order valence-corrected chi connectivity index (χ4v) is 10.6. The van der Waals surface area contributed by atoms with Crippen LogP contribution in [0.1, 0.15) is 25.0 Å². The maximum Gasteiger partial charge on any atom is 0.136 e. The second-order valence-corrected chi connectivity index (χ2v) is 17.2. The molecule has 292 valence electrons. The van der Waals surface area contributed by atoms with Crippen LogP contribution in [-0.2, 0) is 5.41 Å². The lowest BCUT2D eigenvalue weighted by Crippen LogP contribution is -2.16. The van der Waals surface area contributed by atoms with Crippen LogP contribution >= 0.6 is 0 Å². The molecule has 0 saturated heterocycles. The summed E-state index contributed by atoms with van der Waals surface area (Å²) in [6.07, 6.45) is 0.